The highest BCUT2D eigenvalue weighted by Gasteiger charge is 2.54. The third kappa shape index (κ3) is 3.40. The van der Waals surface area contributed by atoms with Crippen LogP contribution >= 0.6 is 0 Å². The molecular formula is C21H18F3N3O3. The first-order chi connectivity index (χ1) is 14.2. The van der Waals surface area contributed by atoms with Crippen LogP contribution in [0.3, 0.4) is 0 Å². The van der Waals surface area contributed by atoms with Gasteiger partial charge in [0.05, 0.1) is 5.56 Å². The molecule has 1 atom stereocenters. The second-order valence-corrected chi connectivity index (χ2v) is 7.36. The molecule has 1 saturated heterocycles. The molecule has 4 rings (SSSR count). The van der Waals surface area contributed by atoms with Gasteiger partial charge in [-0.05, 0) is 54.7 Å². The van der Waals surface area contributed by atoms with Crippen molar-refractivity contribution in [3.8, 4) is 0 Å². The zero-order valence-corrected chi connectivity index (χ0v) is 15.8. The van der Waals surface area contributed by atoms with E-state index in [4.69, 9.17) is 0 Å². The smallest absolute Gasteiger partial charge is 0.325 e. The van der Waals surface area contributed by atoms with E-state index in [1.165, 1.54) is 0 Å². The van der Waals surface area contributed by atoms with E-state index in [9.17, 15) is 27.6 Å². The van der Waals surface area contributed by atoms with Crippen LogP contribution < -0.4 is 10.6 Å². The van der Waals surface area contributed by atoms with Gasteiger partial charge in [-0.25, -0.2) is 4.79 Å². The number of fused-ring (bicyclic) bond motifs is 2. The van der Waals surface area contributed by atoms with Gasteiger partial charge in [0.25, 0.3) is 5.91 Å². The fraction of sp³-hybridized carbons (Fsp3) is 0.286. The number of aryl methyl sites for hydroxylation is 1. The Balaban J connectivity index is 1.49. The van der Waals surface area contributed by atoms with Crippen molar-refractivity contribution in [3.63, 3.8) is 0 Å². The van der Waals surface area contributed by atoms with Crippen molar-refractivity contribution in [1.82, 2.24) is 10.2 Å². The Morgan fingerprint density at radius 3 is 2.50 bits per heavy atom. The van der Waals surface area contributed by atoms with Crippen molar-refractivity contribution in [2.75, 3.05) is 11.9 Å². The van der Waals surface area contributed by atoms with E-state index in [0.29, 0.717) is 12.8 Å². The molecule has 0 bridgehead atoms. The predicted octanol–water partition coefficient (Wildman–Crippen LogP) is 3.43. The fourth-order valence-corrected chi connectivity index (χ4v) is 4.04. The molecule has 1 heterocycles. The van der Waals surface area contributed by atoms with Gasteiger partial charge in [-0.2, -0.15) is 13.2 Å². The number of alkyl halides is 3. The Hall–Kier alpha value is -3.36. The van der Waals surface area contributed by atoms with Gasteiger partial charge in [0.2, 0.25) is 5.91 Å². The highest BCUT2D eigenvalue weighted by Crippen LogP contribution is 2.39. The molecule has 6 nitrogen and oxygen atoms in total. The second-order valence-electron chi connectivity index (χ2n) is 7.36. The van der Waals surface area contributed by atoms with Gasteiger partial charge in [0.15, 0.2) is 0 Å². The van der Waals surface area contributed by atoms with Gasteiger partial charge in [-0.15, -0.1) is 0 Å². The maximum Gasteiger partial charge on any atom is 0.416 e. The van der Waals surface area contributed by atoms with Crippen molar-refractivity contribution >= 4 is 23.5 Å². The Kier molecular flexibility index (Phi) is 4.76. The minimum absolute atomic E-state index is 0.137. The molecule has 2 aromatic carbocycles. The average molecular weight is 417 g/mol. The van der Waals surface area contributed by atoms with Crippen molar-refractivity contribution in [2.24, 2.45) is 0 Å². The van der Waals surface area contributed by atoms with Crippen molar-refractivity contribution in [2.45, 2.75) is 31.0 Å². The Morgan fingerprint density at radius 1 is 1.10 bits per heavy atom. The van der Waals surface area contributed by atoms with Crippen LogP contribution in [0.25, 0.3) is 0 Å². The Morgan fingerprint density at radius 2 is 1.80 bits per heavy atom. The molecule has 0 radical (unpaired) electrons. The lowest BCUT2D eigenvalue weighted by Crippen LogP contribution is -2.47. The van der Waals surface area contributed by atoms with E-state index in [1.54, 1.807) is 12.1 Å². The molecule has 1 spiro atoms. The van der Waals surface area contributed by atoms with E-state index in [2.05, 4.69) is 10.6 Å². The van der Waals surface area contributed by atoms with Crippen LogP contribution in [-0.4, -0.2) is 29.3 Å². The number of nitrogens with one attached hydrogen (secondary N) is 2. The van der Waals surface area contributed by atoms with Gasteiger partial charge >= 0.3 is 12.2 Å². The fourth-order valence-electron chi connectivity index (χ4n) is 4.04. The number of carbonyl (C=O) groups excluding carboxylic acids is 3. The van der Waals surface area contributed by atoms with Crippen LogP contribution in [-0.2, 0) is 27.7 Å². The summed E-state index contributed by atoms with van der Waals surface area (Å²) in [7, 11) is 0. The van der Waals surface area contributed by atoms with Crippen LogP contribution in [0.1, 0.15) is 29.5 Å². The van der Waals surface area contributed by atoms with Gasteiger partial charge in [-0.3, -0.25) is 14.5 Å². The Bertz CT molecular complexity index is 1020. The normalized spacial score (nSPS) is 20.8. The summed E-state index contributed by atoms with van der Waals surface area (Å²) in [5.41, 5.74) is -0.167. The maximum absolute atomic E-state index is 13.1. The maximum atomic E-state index is 13.1. The van der Waals surface area contributed by atoms with E-state index in [1.807, 2.05) is 12.1 Å². The Labute approximate surface area is 170 Å². The molecule has 0 saturated carbocycles. The van der Waals surface area contributed by atoms with E-state index >= 15 is 0 Å². The van der Waals surface area contributed by atoms with Crippen LogP contribution in [0.4, 0.5) is 23.7 Å². The molecular weight excluding hydrogens is 399 g/mol. The number of hydrogen-bond donors (Lipinski definition) is 2. The lowest BCUT2D eigenvalue weighted by Gasteiger charge is -2.33. The largest absolute Gasteiger partial charge is 0.416 e. The zero-order valence-electron chi connectivity index (χ0n) is 15.8. The summed E-state index contributed by atoms with van der Waals surface area (Å²) in [6.07, 6.45) is -2.52. The average Bonchev–Trinajstić information content (AvgIpc) is 2.93. The number of benzene rings is 2. The molecule has 9 heteroatoms. The number of imide groups is 1. The van der Waals surface area contributed by atoms with Crippen molar-refractivity contribution < 1.29 is 27.6 Å². The van der Waals surface area contributed by atoms with Crippen molar-refractivity contribution in [1.29, 1.82) is 0 Å². The summed E-state index contributed by atoms with van der Waals surface area (Å²) in [4.78, 5) is 38.8. The highest BCUT2D eigenvalue weighted by molar-refractivity contribution is 6.10. The van der Waals surface area contributed by atoms with Crippen LogP contribution in [0, 0.1) is 0 Å². The van der Waals surface area contributed by atoms with Gasteiger partial charge < -0.3 is 10.6 Å². The first-order valence-corrected chi connectivity index (χ1v) is 9.40. The number of anilines is 1. The van der Waals surface area contributed by atoms with Gasteiger partial charge in [0, 0.05) is 5.69 Å². The molecule has 0 aromatic heterocycles. The second kappa shape index (κ2) is 7.16. The molecule has 1 unspecified atom stereocenters. The van der Waals surface area contributed by atoms with Crippen molar-refractivity contribution in [3.05, 3.63) is 65.2 Å². The highest BCUT2D eigenvalue weighted by atomic mass is 19.4. The quantitative estimate of drug-likeness (QED) is 0.752. The molecule has 2 N–H and O–H groups in total. The number of carbonyl (C=O) groups is 3. The molecule has 2 aliphatic rings. The minimum atomic E-state index is -4.48. The third-order valence-corrected chi connectivity index (χ3v) is 5.45. The summed E-state index contributed by atoms with van der Waals surface area (Å²) in [6.45, 7) is -0.532. The minimum Gasteiger partial charge on any atom is -0.325 e. The van der Waals surface area contributed by atoms with Gasteiger partial charge in [0.1, 0.15) is 12.1 Å². The first kappa shape index (κ1) is 19.9. The monoisotopic (exact) mass is 417 g/mol. The van der Waals surface area contributed by atoms with Crippen LogP contribution in [0.2, 0.25) is 0 Å². The van der Waals surface area contributed by atoms with E-state index in [0.717, 1.165) is 46.7 Å². The summed E-state index contributed by atoms with van der Waals surface area (Å²) in [5, 5.41) is 5.17. The van der Waals surface area contributed by atoms with Gasteiger partial charge in [-0.1, -0.05) is 24.3 Å². The van der Waals surface area contributed by atoms with E-state index in [-0.39, 0.29) is 5.69 Å². The summed E-state index contributed by atoms with van der Waals surface area (Å²) < 4.78 is 37.9. The number of rotatable bonds is 3. The number of halogens is 3. The molecule has 1 fully saturated rings. The topological polar surface area (TPSA) is 78.5 Å². The van der Waals surface area contributed by atoms with E-state index < -0.39 is 41.7 Å². The molecule has 2 aromatic rings. The van der Waals surface area contributed by atoms with Crippen LogP contribution in [0.15, 0.2) is 48.5 Å². The predicted molar refractivity (Wildman–Crippen MR) is 101 cm³/mol. The SMILES string of the molecule is O=C(CN1C(=O)NC2(CCCc3ccccc32)C1=O)Nc1ccc(C(F)(F)F)cc1. The molecule has 30 heavy (non-hydrogen) atoms. The number of amides is 4. The zero-order chi connectivity index (χ0) is 21.5. The lowest BCUT2D eigenvalue weighted by molar-refractivity contribution is -0.137. The summed E-state index contributed by atoms with van der Waals surface area (Å²) in [6, 6.07) is 10.6. The number of urea groups is 1. The lowest BCUT2D eigenvalue weighted by atomic mass is 9.76. The molecule has 1 aliphatic carbocycles. The standard InChI is InChI=1S/C21H18F3N3O3/c22-21(23,24)14-7-9-15(10-8-14)25-17(28)12-27-18(29)20(26-19(27)30)11-3-5-13-4-1-2-6-16(13)20/h1-2,4,6-10H,3,5,11-12H2,(H,25,28)(H,26,30). The molecule has 4 amide bonds. The van der Waals surface area contributed by atoms with Crippen LogP contribution in [0.5, 0.6) is 0 Å². The summed E-state index contributed by atoms with van der Waals surface area (Å²) >= 11 is 0. The number of hydrogen-bond acceptors (Lipinski definition) is 3. The summed E-state index contributed by atoms with van der Waals surface area (Å²) in [5.74, 6) is -1.18. The molecule has 1 aliphatic heterocycles. The third-order valence-electron chi connectivity index (χ3n) is 5.45. The first-order valence-electron chi connectivity index (χ1n) is 9.40. The number of nitrogens with zero attached hydrogens (tertiary/aromatic N) is 1. The molecule has 156 valence electrons.